The molecule has 0 spiro atoms. The summed E-state index contributed by atoms with van der Waals surface area (Å²) in [6.45, 7) is 5.20. The summed E-state index contributed by atoms with van der Waals surface area (Å²) in [4.78, 5) is 2.01. The lowest BCUT2D eigenvalue weighted by Gasteiger charge is -2.18. The molecule has 1 aromatic rings. The van der Waals surface area contributed by atoms with Crippen molar-refractivity contribution in [3.8, 4) is 0 Å². The highest BCUT2D eigenvalue weighted by Crippen LogP contribution is 2.35. The van der Waals surface area contributed by atoms with Crippen LogP contribution >= 0.6 is 15.9 Å². The molecular formula is C14H20BrF3N2. The molecule has 0 aliphatic heterocycles. The van der Waals surface area contributed by atoms with Gasteiger partial charge in [0.1, 0.15) is 0 Å². The predicted molar refractivity (Wildman–Crippen MR) is 78.6 cm³/mol. The number of rotatable bonds is 7. The Morgan fingerprint density at radius 3 is 2.55 bits per heavy atom. The fourth-order valence-electron chi connectivity index (χ4n) is 1.85. The number of alkyl halides is 3. The molecule has 0 saturated carbocycles. The molecule has 20 heavy (non-hydrogen) atoms. The van der Waals surface area contributed by atoms with E-state index >= 15 is 0 Å². The standard InChI is InChI=1S/C14H20BrF3N2/c1-3-6-19-7-8-20(2)10-11-4-5-13(15)12(9-11)14(16,17)18/h4-5,9,19H,3,6-8,10H2,1-2H3. The maximum absolute atomic E-state index is 12.8. The molecule has 0 amide bonds. The Labute approximate surface area is 126 Å². The Morgan fingerprint density at radius 2 is 1.95 bits per heavy atom. The van der Waals surface area contributed by atoms with Crippen molar-refractivity contribution < 1.29 is 13.2 Å². The smallest absolute Gasteiger partial charge is 0.315 e. The Bertz CT molecular complexity index is 421. The molecule has 0 fully saturated rings. The summed E-state index contributed by atoms with van der Waals surface area (Å²) in [7, 11) is 1.91. The summed E-state index contributed by atoms with van der Waals surface area (Å²) in [5.74, 6) is 0. The lowest BCUT2D eigenvalue weighted by molar-refractivity contribution is -0.138. The second-order valence-electron chi connectivity index (χ2n) is 4.80. The summed E-state index contributed by atoms with van der Waals surface area (Å²) in [6.07, 6.45) is -3.25. The normalized spacial score (nSPS) is 12.2. The van der Waals surface area contributed by atoms with Gasteiger partial charge in [-0.3, -0.25) is 0 Å². The Morgan fingerprint density at radius 1 is 1.25 bits per heavy atom. The molecule has 2 nitrogen and oxygen atoms in total. The highest BCUT2D eigenvalue weighted by molar-refractivity contribution is 9.10. The van der Waals surface area contributed by atoms with Crippen LogP contribution in [0.15, 0.2) is 22.7 Å². The third kappa shape index (κ3) is 5.81. The molecule has 114 valence electrons. The number of likely N-dealkylation sites (N-methyl/N-ethyl adjacent to an activating group) is 1. The van der Waals surface area contributed by atoms with E-state index in [4.69, 9.17) is 0 Å². The number of benzene rings is 1. The van der Waals surface area contributed by atoms with Gasteiger partial charge in [0.15, 0.2) is 0 Å². The first-order valence-electron chi connectivity index (χ1n) is 6.59. The largest absolute Gasteiger partial charge is 0.417 e. The van der Waals surface area contributed by atoms with E-state index in [9.17, 15) is 13.2 Å². The molecule has 0 aliphatic carbocycles. The van der Waals surface area contributed by atoms with Gasteiger partial charge < -0.3 is 10.2 Å². The summed E-state index contributed by atoms with van der Waals surface area (Å²) in [6, 6.07) is 4.39. The van der Waals surface area contributed by atoms with Gasteiger partial charge in [0, 0.05) is 24.1 Å². The Balaban J connectivity index is 2.60. The van der Waals surface area contributed by atoms with Crippen LogP contribution in [0.1, 0.15) is 24.5 Å². The second-order valence-corrected chi connectivity index (χ2v) is 5.65. The number of hydrogen-bond acceptors (Lipinski definition) is 2. The third-order valence-electron chi connectivity index (χ3n) is 2.89. The van der Waals surface area contributed by atoms with Crippen LogP contribution in [-0.4, -0.2) is 31.6 Å². The van der Waals surface area contributed by atoms with E-state index in [0.717, 1.165) is 26.1 Å². The molecule has 1 rings (SSSR count). The molecule has 1 aromatic carbocycles. The zero-order chi connectivity index (χ0) is 15.2. The van der Waals surface area contributed by atoms with Gasteiger partial charge in [0.05, 0.1) is 5.56 Å². The third-order valence-corrected chi connectivity index (χ3v) is 3.58. The molecule has 0 aliphatic rings. The van der Waals surface area contributed by atoms with Crippen molar-refractivity contribution in [3.63, 3.8) is 0 Å². The summed E-state index contributed by atoms with van der Waals surface area (Å²) in [5.41, 5.74) is 0.0472. The molecule has 0 bridgehead atoms. The van der Waals surface area contributed by atoms with E-state index in [1.54, 1.807) is 6.07 Å². The van der Waals surface area contributed by atoms with Gasteiger partial charge in [-0.05, 0) is 37.7 Å². The quantitative estimate of drug-likeness (QED) is 0.748. The van der Waals surface area contributed by atoms with Crippen LogP contribution < -0.4 is 5.32 Å². The van der Waals surface area contributed by atoms with E-state index < -0.39 is 11.7 Å². The summed E-state index contributed by atoms with van der Waals surface area (Å²) in [5, 5.41) is 3.27. The molecule has 0 atom stereocenters. The number of nitrogens with one attached hydrogen (secondary N) is 1. The Hall–Kier alpha value is -0.590. The van der Waals surface area contributed by atoms with Gasteiger partial charge in [-0.1, -0.05) is 28.9 Å². The zero-order valence-electron chi connectivity index (χ0n) is 11.7. The van der Waals surface area contributed by atoms with Crippen LogP contribution in [0.3, 0.4) is 0 Å². The minimum atomic E-state index is -4.32. The first kappa shape index (κ1) is 17.5. The molecule has 0 saturated heterocycles. The van der Waals surface area contributed by atoms with Crippen molar-refractivity contribution in [1.82, 2.24) is 10.2 Å². The minimum Gasteiger partial charge on any atom is -0.315 e. The zero-order valence-corrected chi connectivity index (χ0v) is 13.3. The monoisotopic (exact) mass is 352 g/mol. The van der Waals surface area contributed by atoms with Crippen LogP contribution in [0.25, 0.3) is 0 Å². The van der Waals surface area contributed by atoms with Gasteiger partial charge in [-0.15, -0.1) is 0 Å². The van der Waals surface area contributed by atoms with Crippen molar-refractivity contribution in [2.75, 3.05) is 26.7 Å². The number of halogens is 4. The van der Waals surface area contributed by atoms with E-state index in [1.165, 1.54) is 12.1 Å². The van der Waals surface area contributed by atoms with Crippen molar-refractivity contribution in [3.05, 3.63) is 33.8 Å². The van der Waals surface area contributed by atoms with Crippen molar-refractivity contribution in [1.29, 1.82) is 0 Å². The molecule has 0 radical (unpaired) electrons. The highest BCUT2D eigenvalue weighted by Gasteiger charge is 2.33. The van der Waals surface area contributed by atoms with Crippen LogP contribution in [0.5, 0.6) is 0 Å². The van der Waals surface area contributed by atoms with Crippen molar-refractivity contribution in [2.24, 2.45) is 0 Å². The molecule has 6 heteroatoms. The average Bonchev–Trinajstić information content (AvgIpc) is 2.36. The van der Waals surface area contributed by atoms with Crippen molar-refractivity contribution >= 4 is 15.9 Å². The molecule has 0 heterocycles. The molecule has 1 N–H and O–H groups in total. The van der Waals surface area contributed by atoms with Crippen LogP contribution in [0, 0.1) is 0 Å². The van der Waals surface area contributed by atoms with Gasteiger partial charge in [-0.25, -0.2) is 0 Å². The molecule has 0 aromatic heterocycles. The topological polar surface area (TPSA) is 15.3 Å². The Kier molecular flexibility index (Phi) is 6.99. The maximum atomic E-state index is 12.8. The predicted octanol–water partition coefficient (Wildman–Crippen LogP) is 3.90. The fraction of sp³-hybridized carbons (Fsp3) is 0.571. The van der Waals surface area contributed by atoms with Crippen LogP contribution in [0.2, 0.25) is 0 Å². The second kappa shape index (κ2) is 8.00. The van der Waals surface area contributed by atoms with Crippen molar-refractivity contribution in [2.45, 2.75) is 26.1 Å². The van der Waals surface area contributed by atoms with Crippen LogP contribution in [-0.2, 0) is 12.7 Å². The summed E-state index contributed by atoms with van der Waals surface area (Å²) >= 11 is 2.95. The van der Waals surface area contributed by atoms with Gasteiger partial charge in [-0.2, -0.15) is 13.2 Å². The van der Waals surface area contributed by atoms with Gasteiger partial charge >= 0.3 is 6.18 Å². The lowest BCUT2D eigenvalue weighted by atomic mass is 10.1. The lowest BCUT2D eigenvalue weighted by Crippen LogP contribution is -2.29. The van der Waals surface area contributed by atoms with Crippen LogP contribution in [0.4, 0.5) is 13.2 Å². The molecular weight excluding hydrogens is 333 g/mol. The summed E-state index contributed by atoms with van der Waals surface area (Å²) < 4.78 is 38.5. The molecule has 0 unspecified atom stereocenters. The van der Waals surface area contributed by atoms with E-state index in [0.29, 0.717) is 12.1 Å². The van der Waals surface area contributed by atoms with Gasteiger partial charge in [0.25, 0.3) is 0 Å². The minimum absolute atomic E-state index is 0.0843. The maximum Gasteiger partial charge on any atom is 0.417 e. The van der Waals surface area contributed by atoms with E-state index in [-0.39, 0.29) is 4.47 Å². The van der Waals surface area contributed by atoms with Gasteiger partial charge in [0.2, 0.25) is 0 Å². The highest BCUT2D eigenvalue weighted by atomic mass is 79.9. The first-order chi connectivity index (χ1) is 9.34. The average molecular weight is 353 g/mol. The van der Waals surface area contributed by atoms with E-state index in [2.05, 4.69) is 28.2 Å². The SMILES string of the molecule is CCCNCCN(C)Cc1ccc(Br)c(C(F)(F)F)c1. The fourth-order valence-corrected chi connectivity index (χ4v) is 2.32. The number of hydrogen-bond donors (Lipinski definition) is 1. The number of nitrogens with zero attached hydrogens (tertiary/aromatic N) is 1. The van der Waals surface area contributed by atoms with E-state index in [1.807, 2.05) is 11.9 Å². The first-order valence-corrected chi connectivity index (χ1v) is 7.38.